The van der Waals surface area contributed by atoms with Crippen LogP contribution < -0.4 is 5.73 Å². The third-order valence-corrected chi connectivity index (χ3v) is 5.35. The van der Waals surface area contributed by atoms with Gasteiger partial charge in [0.15, 0.2) is 0 Å². The average Bonchev–Trinajstić information content (AvgIpc) is 2.62. The molecular weight excluding hydrogens is 338 g/mol. The van der Waals surface area contributed by atoms with Gasteiger partial charge in [0.2, 0.25) is 0 Å². The zero-order valence-electron chi connectivity index (χ0n) is 17.7. The van der Waals surface area contributed by atoms with Crippen LogP contribution in [0.1, 0.15) is 121 Å². The highest BCUT2D eigenvalue weighted by molar-refractivity contribution is 5.85. The molecule has 152 valence electrons. The van der Waals surface area contributed by atoms with E-state index in [0.29, 0.717) is 0 Å². The summed E-state index contributed by atoms with van der Waals surface area (Å²) in [5, 5.41) is 0. The molecular formula is C24H44ClN. The molecule has 2 N–H and O–H groups in total. The number of hydrogen-bond donors (Lipinski definition) is 1. The fourth-order valence-electron chi connectivity index (χ4n) is 3.89. The summed E-state index contributed by atoms with van der Waals surface area (Å²) in [6, 6.07) is 7.03. The van der Waals surface area contributed by atoms with Crippen LogP contribution in [0.2, 0.25) is 0 Å². The topological polar surface area (TPSA) is 26.0 Å². The molecule has 0 saturated heterocycles. The fourth-order valence-corrected chi connectivity index (χ4v) is 3.89. The Labute approximate surface area is 169 Å². The van der Waals surface area contributed by atoms with E-state index in [2.05, 4.69) is 39.0 Å². The molecule has 1 aromatic carbocycles. The Morgan fingerprint density at radius 3 is 1.88 bits per heavy atom. The predicted molar refractivity (Wildman–Crippen MR) is 120 cm³/mol. The molecule has 0 aliphatic heterocycles. The maximum atomic E-state index is 6.59. The van der Waals surface area contributed by atoms with Gasteiger partial charge in [-0.15, -0.1) is 12.4 Å². The number of halogens is 1. The monoisotopic (exact) mass is 381 g/mol. The lowest BCUT2D eigenvalue weighted by Crippen LogP contribution is -2.14. The van der Waals surface area contributed by atoms with E-state index in [1.165, 1.54) is 94.6 Å². The minimum atomic E-state index is 0. The van der Waals surface area contributed by atoms with E-state index < -0.39 is 0 Å². The van der Waals surface area contributed by atoms with Crippen LogP contribution in [0.15, 0.2) is 18.2 Å². The summed E-state index contributed by atoms with van der Waals surface area (Å²) in [6.45, 7) is 6.83. The smallest absolute Gasteiger partial charge is 0.0297 e. The maximum absolute atomic E-state index is 6.59. The first-order chi connectivity index (χ1) is 12.2. The standard InChI is InChI=1S/C24H43N.ClH/c1-4-7-8-9-10-11-12-13-14-20-24(25)23-19-15-18-21(16-5-2)22(23)17-6-3;/h15,18-19,24H,4-14,16-17,20,25H2,1-3H3;1H. The minimum absolute atomic E-state index is 0. The molecule has 0 aromatic heterocycles. The fraction of sp³-hybridized carbons (Fsp3) is 0.750. The van der Waals surface area contributed by atoms with E-state index in [1.807, 2.05) is 0 Å². The molecule has 0 heterocycles. The molecule has 0 aliphatic rings. The molecule has 0 spiro atoms. The molecule has 0 aliphatic carbocycles. The van der Waals surface area contributed by atoms with Crippen LogP contribution in [0, 0.1) is 0 Å². The van der Waals surface area contributed by atoms with Crippen LogP contribution in [0.4, 0.5) is 0 Å². The van der Waals surface area contributed by atoms with Crippen LogP contribution in [-0.2, 0) is 12.8 Å². The molecule has 0 fully saturated rings. The van der Waals surface area contributed by atoms with Crippen molar-refractivity contribution in [2.75, 3.05) is 0 Å². The summed E-state index contributed by atoms with van der Waals surface area (Å²) >= 11 is 0. The summed E-state index contributed by atoms with van der Waals surface area (Å²) in [6.07, 6.45) is 18.4. The molecule has 1 aromatic rings. The molecule has 0 saturated carbocycles. The molecule has 0 bridgehead atoms. The highest BCUT2D eigenvalue weighted by Gasteiger charge is 2.13. The van der Waals surface area contributed by atoms with E-state index in [1.54, 1.807) is 5.56 Å². The Morgan fingerprint density at radius 1 is 0.731 bits per heavy atom. The van der Waals surface area contributed by atoms with Gasteiger partial charge in [-0.2, -0.15) is 0 Å². The summed E-state index contributed by atoms with van der Waals surface area (Å²) in [5.74, 6) is 0. The number of nitrogens with two attached hydrogens (primary N) is 1. The van der Waals surface area contributed by atoms with Crippen molar-refractivity contribution < 1.29 is 0 Å². The predicted octanol–water partition coefficient (Wildman–Crippen LogP) is 7.93. The van der Waals surface area contributed by atoms with Gasteiger partial charge in [0.05, 0.1) is 0 Å². The van der Waals surface area contributed by atoms with Crippen LogP contribution >= 0.6 is 12.4 Å². The highest BCUT2D eigenvalue weighted by Crippen LogP contribution is 2.26. The normalized spacial score (nSPS) is 12.0. The van der Waals surface area contributed by atoms with Gasteiger partial charge in [-0.05, 0) is 36.0 Å². The SMILES string of the molecule is CCCCCCCCCCCC(N)c1cccc(CCC)c1CCC.Cl. The average molecular weight is 382 g/mol. The lowest BCUT2D eigenvalue weighted by Gasteiger charge is -2.19. The second-order valence-corrected chi connectivity index (χ2v) is 7.71. The van der Waals surface area contributed by atoms with Gasteiger partial charge >= 0.3 is 0 Å². The first-order valence-electron chi connectivity index (χ1n) is 11.1. The largest absolute Gasteiger partial charge is 0.324 e. The highest BCUT2D eigenvalue weighted by atomic mass is 35.5. The van der Waals surface area contributed by atoms with Gasteiger partial charge in [-0.25, -0.2) is 0 Å². The minimum Gasteiger partial charge on any atom is -0.324 e. The van der Waals surface area contributed by atoms with E-state index in [-0.39, 0.29) is 18.4 Å². The molecule has 0 radical (unpaired) electrons. The van der Waals surface area contributed by atoms with Crippen LogP contribution in [0.3, 0.4) is 0 Å². The molecule has 1 rings (SSSR count). The Balaban J connectivity index is 0.00000625. The quantitative estimate of drug-likeness (QED) is 0.306. The van der Waals surface area contributed by atoms with Gasteiger partial charge in [-0.1, -0.05) is 110 Å². The van der Waals surface area contributed by atoms with E-state index >= 15 is 0 Å². The third-order valence-electron chi connectivity index (χ3n) is 5.35. The van der Waals surface area contributed by atoms with Crippen molar-refractivity contribution in [3.8, 4) is 0 Å². The van der Waals surface area contributed by atoms with Crippen LogP contribution in [-0.4, -0.2) is 0 Å². The van der Waals surface area contributed by atoms with E-state index in [4.69, 9.17) is 5.73 Å². The molecule has 0 amide bonds. The van der Waals surface area contributed by atoms with Crippen molar-refractivity contribution in [1.29, 1.82) is 0 Å². The number of aryl methyl sites for hydroxylation is 1. The lowest BCUT2D eigenvalue weighted by molar-refractivity contribution is 0.530. The second-order valence-electron chi connectivity index (χ2n) is 7.71. The number of benzene rings is 1. The molecule has 26 heavy (non-hydrogen) atoms. The molecule has 2 heteroatoms. The summed E-state index contributed by atoms with van der Waals surface area (Å²) < 4.78 is 0. The van der Waals surface area contributed by atoms with Gasteiger partial charge in [0.1, 0.15) is 0 Å². The van der Waals surface area contributed by atoms with Crippen LogP contribution in [0.5, 0.6) is 0 Å². The Hall–Kier alpha value is -0.530. The Bertz CT molecular complexity index is 444. The lowest BCUT2D eigenvalue weighted by atomic mass is 9.89. The van der Waals surface area contributed by atoms with Gasteiger partial charge in [0, 0.05) is 6.04 Å². The third kappa shape index (κ3) is 9.97. The van der Waals surface area contributed by atoms with E-state index in [0.717, 1.165) is 6.42 Å². The first kappa shape index (κ1) is 25.5. The van der Waals surface area contributed by atoms with Gasteiger partial charge in [-0.3, -0.25) is 0 Å². The van der Waals surface area contributed by atoms with E-state index in [9.17, 15) is 0 Å². The molecule has 1 unspecified atom stereocenters. The van der Waals surface area contributed by atoms with Crippen molar-refractivity contribution >= 4 is 12.4 Å². The van der Waals surface area contributed by atoms with Crippen molar-refractivity contribution in [2.45, 2.75) is 117 Å². The molecule has 1 nitrogen and oxygen atoms in total. The summed E-state index contributed by atoms with van der Waals surface area (Å²) in [7, 11) is 0. The zero-order chi connectivity index (χ0) is 18.3. The number of unbranched alkanes of at least 4 members (excludes halogenated alkanes) is 8. The Kier molecular flexibility index (Phi) is 16.3. The second kappa shape index (κ2) is 16.6. The van der Waals surface area contributed by atoms with Gasteiger partial charge < -0.3 is 5.73 Å². The first-order valence-corrected chi connectivity index (χ1v) is 11.1. The van der Waals surface area contributed by atoms with Crippen molar-refractivity contribution in [3.05, 3.63) is 34.9 Å². The van der Waals surface area contributed by atoms with Crippen molar-refractivity contribution in [2.24, 2.45) is 5.73 Å². The maximum Gasteiger partial charge on any atom is 0.0297 e. The van der Waals surface area contributed by atoms with Crippen molar-refractivity contribution in [3.63, 3.8) is 0 Å². The zero-order valence-corrected chi connectivity index (χ0v) is 18.5. The van der Waals surface area contributed by atoms with Crippen LogP contribution in [0.25, 0.3) is 0 Å². The number of hydrogen-bond acceptors (Lipinski definition) is 1. The Morgan fingerprint density at radius 2 is 1.31 bits per heavy atom. The molecule has 1 atom stereocenters. The number of rotatable bonds is 15. The summed E-state index contributed by atoms with van der Waals surface area (Å²) in [4.78, 5) is 0. The van der Waals surface area contributed by atoms with Gasteiger partial charge in [0.25, 0.3) is 0 Å². The summed E-state index contributed by atoms with van der Waals surface area (Å²) in [5.41, 5.74) is 11.1. The van der Waals surface area contributed by atoms with Crippen molar-refractivity contribution in [1.82, 2.24) is 0 Å².